The SMILES string of the molecule is O=C1NC(CNCc2nc3sc4c(c3c(=O)[nH]2)CCC4)CO1. The minimum absolute atomic E-state index is 0.0338. The van der Waals surface area contributed by atoms with E-state index in [0.717, 1.165) is 29.5 Å². The van der Waals surface area contributed by atoms with Crippen molar-refractivity contribution >= 4 is 27.6 Å². The molecule has 1 aliphatic heterocycles. The maximum atomic E-state index is 12.3. The summed E-state index contributed by atoms with van der Waals surface area (Å²) in [5, 5.41) is 6.65. The van der Waals surface area contributed by atoms with Crippen LogP contribution >= 0.6 is 11.3 Å². The maximum Gasteiger partial charge on any atom is 0.407 e. The van der Waals surface area contributed by atoms with Gasteiger partial charge in [-0.1, -0.05) is 0 Å². The zero-order valence-electron chi connectivity index (χ0n) is 11.9. The molecule has 2 aromatic heterocycles. The number of rotatable bonds is 4. The molecule has 2 aromatic rings. The van der Waals surface area contributed by atoms with Crippen molar-refractivity contribution in [3.63, 3.8) is 0 Å². The number of hydrogen-bond acceptors (Lipinski definition) is 6. The highest BCUT2D eigenvalue weighted by Crippen LogP contribution is 2.34. The standard InChI is InChI=1S/C14H16N4O3S/c19-12-11-8-2-1-3-9(8)22-13(11)18-10(17-12)5-15-4-7-6-21-14(20)16-7/h7,15H,1-6H2,(H,16,20)(H,17,18,19). The van der Waals surface area contributed by atoms with Crippen LogP contribution in [0.25, 0.3) is 10.2 Å². The number of ether oxygens (including phenoxy) is 1. The second kappa shape index (κ2) is 5.36. The Bertz CT molecular complexity index is 797. The largest absolute Gasteiger partial charge is 0.447 e. The monoisotopic (exact) mass is 320 g/mol. The topological polar surface area (TPSA) is 96.1 Å². The quantitative estimate of drug-likeness (QED) is 0.769. The summed E-state index contributed by atoms with van der Waals surface area (Å²) >= 11 is 1.64. The Labute approximate surface area is 130 Å². The Kier molecular flexibility index (Phi) is 3.34. The first kappa shape index (κ1) is 13.7. The van der Waals surface area contributed by atoms with E-state index in [-0.39, 0.29) is 17.7 Å². The van der Waals surface area contributed by atoms with Crippen LogP contribution < -0.4 is 16.2 Å². The van der Waals surface area contributed by atoms with E-state index in [1.807, 2.05) is 0 Å². The van der Waals surface area contributed by atoms with Gasteiger partial charge in [0.15, 0.2) is 0 Å². The fourth-order valence-electron chi connectivity index (χ4n) is 3.03. The van der Waals surface area contributed by atoms with E-state index in [4.69, 9.17) is 4.74 Å². The minimum atomic E-state index is -0.382. The van der Waals surface area contributed by atoms with Crippen molar-refractivity contribution < 1.29 is 9.53 Å². The lowest BCUT2D eigenvalue weighted by atomic mass is 10.2. The number of nitrogens with one attached hydrogen (secondary N) is 3. The van der Waals surface area contributed by atoms with Crippen LogP contribution in [0.1, 0.15) is 22.7 Å². The molecule has 116 valence electrons. The molecule has 1 fully saturated rings. The number of carbonyl (C=O) groups is 1. The molecule has 0 bridgehead atoms. The Morgan fingerprint density at radius 1 is 1.36 bits per heavy atom. The Hall–Kier alpha value is -1.93. The number of fused-ring (bicyclic) bond motifs is 3. The predicted molar refractivity (Wildman–Crippen MR) is 82.2 cm³/mol. The van der Waals surface area contributed by atoms with Crippen LogP contribution in [-0.2, 0) is 24.1 Å². The van der Waals surface area contributed by atoms with E-state index >= 15 is 0 Å². The molecule has 0 aromatic carbocycles. The molecule has 8 heteroatoms. The van der Waals surface area contributed by atoms with Gasteiger partial charge in [0.2, 0.25) is 0 Å². The number of aromatic nitrogens is 2. The third-order valence-electron chi connectivity index (χ3n) is 4.04. The lowest BCUT2D eigenvalue weighted by molar-refractivity contribution is 0.176. The van der Waals surface area contributed by atoms with Gasteiger partial charge in [0, 0.05) is 11.4 Å². The van der Waals surface area contributed by atoms with Crippen molar-refractivity contribution in [3.8, 4) is 0 Å². The summed E-state index contributed by atoms with van der Waals surface area (Å²) < 4.78 is 4.82. The molecule has 7 nitrogen and oxygen atoms in total. The molecular weight excluding hydrogens is 304 g/mol. The van der Waals surface area contributed by atoms with Crippen molar-refractivity contribution in [3.05, 3.63) is 26.6 Å². The van der Waals surface area contributed by atoms with Crippen LogP contribution in [0.15, 0.2) is 4.79 Å². The van der Waals surface area contributed by atoms with Crippen LogP contribution in [-0.4, -0.2) is 35.3 Å². The summed E-state index contributed by atoms with van der Waals surface area (Å²) in [6, 6.07) is -0.0338. The van der Waals surface area contributed by atoms with Crippen LogP contribution in [0.2, 0.25) is 0 Å². The first-order valence-electron chi connectivity index (χ1n) is 7.38. The summed E-state index contributed by atoms with van der Waals surface area (Å²) in [5.74, 6) is 0.627. The number of H-pyrrole nitrogens is 1. The van der Waals surface area contributed by atoms with Crippen molar-refractivity contribution in [1.82, 2.24) is 20.6 Å². The zero-order chi connectivity index (χ0) is 15.1. The summed E-state index contributed by atoms with van der Waals surface area (Å²) in [5.41, 5.74) is 1.15. The molecule has 0 radical (unpaired) electrons. The molecule has 1 saturated heterocycles. The molecule has 1 atom stereocenters. The van der Waals surface area contributed by atoms with E-state index in [1.54, 1.807) is 11.3 Å². The van der Waals surface area contributed by atoms with Gasteiger partial charge < -0.3 is 20.4 Å². The van der Waals surface area contributed by atoms with Crippen molar-refractivity contribution in [2.75, 3.05) is 13.2 Å². The normalized spacial score (nSPS) is 20.2. The van der Waals surface area contributed by atoms with Gasteiger partial charge in [-0.05, 0) is 24.8 Å². The predicted octanol–water partition coefficient (Wildman–Crippen LogP) is 0.671. The van der Waals surface area contributed by atoms with E-state index in [0.29, 0.717) is 25.5 Å². The molecule has 1 unspecified atom stereocenters. The maximum absolute atomic E-state index is 12.3. The Morgan fingerprint density at radius 3 is 3.09 bits per heavy atom. The molecule has 4 rings (SSSR count). The lowest BCUT2D eigenvalue weighted by Crippen LogP contribution is -2.37. The van der Waals surface area contributed by atoms with Crippen molar-refractivity contribution in [2.45, 2.75) is 31.8 Å². The van der Waals surface area contributed by atoms with Crippen LogP contribution in [0.4, 0.5) is 4.79 Å². The Balaban J connectivity index is 1.48. The van der Waals surface area contributed by atoms with E-state index in [9.17, 15) is 9.59 Å². The third-order valence-corrected chi connectivity index (χ3v) is 5.23. The summed E-state index contributed by atoms with van der Waals surface area (Å²) in [4.78, 5) is 32.8. The summed E-state index contributed by atoms with van der Waals surface area (Å²) in [7, 11) is 0. The van der Waals surface area contributed by atoms with E-state index in [1.165, 1.54) is 10.4 Å². The Morgan fingerprint density at radius 2 is 2.27 bits per heavy atom. The molecule has 3 N–H and O–H groups in total. The van der Waals surface area contributed by atoms with Crippen molar-refractivity contribution in [1.29, 1.82) is 0 Å². The fourth-order valence-corrected chi connectivity index (χ4v) is 4.31. The number of carbonyl (C=O) groups excluding carboxylic acids is 1. The molecule has 0 saturated carbocycles. The second-order valence-electron chi connectivity index (χ2n) is 5.62. The number of thiophene rings is 1. The highest BCUT2D eigenvalue weighted by Gasteiger charge is 2.22. The lowest BCUT2D eigenvalue weighted by Gasteiger charge is -2.08. The molecule has 1 aliphatic carbocycles. The van der Waals surface area contributed by atoms with E-state index < -0.39 is 0 Å². The highest BCUT2D eigenvalue weighted by atomic mass is 32.1. The van der Waals surface area contributed by atoms with Gasteiger partial charge in [0.25, 0.3) is 5.56 Å². The van der Waals surface area contributed by atoms with Crippen LogP contribution in [0.3, 0.4) is 0 Å². The molecule has 2 aliphatic rings. The molecule has 3 heterocycles. The molecular formula is C14H16N4O3S. The summed E-state index contributed by atoms with van der Waals surface area (Å²) in [6.45, 7) is 1.40. The van der Waals surface area contributed by atoms with Gasteiger partial charge in [-0.2, -0.15) is 0 Å². The average Bonchev–Trinajstić information content (AvgIpc) is 3.14. The van der Waals surface area contributed by atoms with Crippen LogP contribution in [0, 0.1) is 0 Å². The fraction of sp³-hybridized carbons (Fsp3) is 0.500. The van der Waals surface area contributed by atoms with Gasteiger partial charge in [-0.3, -0.25) is 4.79 Å². The number of nitrogens with zero attached hydrogens (tertiary/aromatic N) is 1. The molecule has 22 heavy (non-hydrogen) atoms. The van der Waals surface area contributed by atoms with E-state index in [2.05, 4.69) is 20.6 Å². The second-order valence-corrected chi connectivity index (χ2v) is 6.70. The third kappa shape index (κ3) is 2.38. The van der Waals surface area contributed by atoms with Gasteiger partial charge in [0.1, 0.15) is 17.3 Å². The minimum Gasteiger partial charge on any atom is -0.447 e. The number of hydrogen-bond donors (Lipinski definition) is 3. The number of aromatic amines is 1. The van der Waals surface area contributed by atoms with Gasteiger partial charge >= 0.3 is 6.09 Å². The number of aryl methyl sites for hydroxylation is 2. The van der Waals surface area contributed by atoms with Crippen LogP contribution in [0.5, 0.6) is 0 Å². The van der Waals surface area contributed by atoms with Gasteiger partial charge in [-0.15, -0.1) is 11.3 Å². The molecule has 1 amide bonds. The highest BCUT2D eigenvalue weighted by molar-refractivity contribution is 7.18. The zero-order valence-corrected chi connectivity index (χ0v) is 12.7. The van der Waals surface area contributed by atoms with Crippen molar-refractivity contribution in [2.24, 2.45) is 0 Å². The summed E-state index contributed by atoms with van der Waals surface area (Å²) in [6.07, 6.45) is 2.80. The smallest absolute Gasteiger partial charge is 0.407 e. The first-order chi connectivity index (χ1) is 10.7. The number of alkyl carbamates (subject to hydrolysis) is 1. The number of cyclic esters (lactones) is 1. The molecule has 0 spiro atoms. The average molecular weight is 320 g/mol. The number of amides is 1. The van der Waals surface area contributed by atoms with Gasteiger partial charge in [0.05, 0.1) is 18.0 Å². The van der Waals surface area contributed by atoms with Gasteiger partial charge in [-0.25, -0.2) is 9.78 Å². The first-order valence-corrected chi connectivity index (χ1v) is 8.20.